The highest BCUT2D eigenvalue weighted by atomic mass is 16.2. The molecular formula is C9H18NO+. The normalized spacial score (nSPS) is 25.5. The van der Waals surface area contributed by atoms with Crippen LogP contribution in [0, 0.1) is 0 Å². The first-order valence-electron chi connectivity index (χ1n) is 4.72. The fourth-order valence-electron chi connectivity index (χ4n) is 1.59. The molecule has 0 spiro atoms. The van der Waals surface area contributed by atoms with E-state index in [0.717, 1.165) is 25.9 Å². The third-order valence-corrected chi connectivity index (χ3v) is 2.36. The van der Waals surface area contributed by atoms with Crippen molar-refractivity contribution in [2.75, 3.05) is 13.1 Å². The zero-order valence-corrected chi connectivity index (χ0v) is 7.36. The summed E-state index contributed by atoms with van der Waals surface area (Å²) >= 11 is 0. The van der Waals surface area contributed by atoms with Gasteiger partial charge in [-0.25, -0.2) is 4.79 Å². The number of hydrogen-bond acceptors (Lipinski definition) is 1. The monoisotopic (exact) mass is 156 g/mol. The molecule has 1 unspecified atom stereocenters. The van der Waals surface area contributed by atoms with Crippen molar-refractivity contribution in [1.82, 2.24) is 0 Å². The lowest BCUT2D eigenvalue weighted by Gasteiger charge is -2.20. The highest BCUT2D eigenvalue weighted by Crippen LogP contribution is 1.96. The number of rotatable bonds is 3. The fraction of sp³-hybridized carbons (Fsp3) is 0.889. The lowest BCUT2D eigenvalue weighted by atomic mass is 10.1. The van der Waals surface area contributed by atoms with E-state index in [1.54, 1.807) is 0 Å². The Morgan fingerprint density at radius 1 is 1.45 bits per heavy atom. The van der Waals surface area contributed by atoms with Crippen LogP contribution in [0.2, 0.25) is 0 Å². The molecule has 0 radical (unpaired) electrons. The van der Waals surface area contributed by atoms with Gasteiger partial charge in [0.05, 0.1) is 19.5 Å². The van der Waals surface area contributed by atoms with Gasteiger partial charge in [0.25, 0.3) is 0 Å². The lowest BCUT2D eigenvalue weighted by molar-refractivity contribution is -0.824. The molecule has 1 aliphatic heterocycles. The Kier molecular flexibility index (Phi) is 3.57. The molecule has 2 heteroatoms. The molecule has 0 aromatic rings. The molecule has 1 aliphatic rings. The minimum absolute atomic E-state index is 0.449. The number of hydrogen-bond donors (Lipinski definition) is 1. The number of carbonyl (C=O) groups excluding carboxylic acids is 1. The van der Waals surface area contributed by atoms with Gasteiger partial charge in [-0.2, -0.15) is 0 Å². The van der Waals surface area contributed by atoms with Gasteiger partial charge >= 0.3 is 5.91 Å². The molecule has 1 amide bonds. The van der Waals surface area contributed by atoms with Gasteiger partial charge < -0.3 is 0 Å². The standard InChI is InChI=1S/C9H17NO/c1-2-3-7-10-8-5-4-6-9(10)11/h2-8H2,1H3/p+1. The van der Waals surface area contributed by atoms with Crippen LogP contribution in [0.1, 0.15) is 39.0 Å². The molecule has 0 aliphatic carbocycles. The number of piperidine rings is 1. The average molecular weight is 156 g/mol. The number of unbranched alkanes of at least 4 members (excludes halogenated alkanes) is 1. The Morgan fingerprint density at radius 2 is 2.27 bits per heavy atom. The van der Waals surface area contributed by atoms with Crippen molar-refractivity contribution >= 4 is 5.91 Å². The predicted molar refractivity (Wildman–Crippen MR) is 44.5 cm³/mol. The molecule has 1 heterocycles. The molecule has 64 valence electrons. The summed E-state index contributed by atoms with van der Waals surface area (Å²) in [6.07, 6.45) is 5.58. The van der Waals surface area contributed by atoms with E-state index >= 15 is 0 Å². The van der Waals surface area contributed by atoms with Gasteiger partial charge in [0, 0.05) is 0 Å². The number of amides is 1. The Bertz CT molecular complexity index is 134. The number of carbonyl (C=O) groups is 1. The molecule has 1 N–H and O–H groups in total. The molecule has 11 heavy (non-hydrogen) atoms. The van der Waals surface area contributed by atoms with E-state index in [1.165, 1.54) is 24.2 Å². The molecule has 2 nitrogen and oxygen atoms in total. The summed E-state index contributed by atoms with van der Waals surface area (Å²) in [6, 6.07) is 0. The SMILES string of the molecule is CCCC[NH+]1CCCCC1=O. The van der Waals surface area contributed by atoms with Gasteiger partial charge in [-0.1, -0.05) is 13.3 Å². The summed E-state index contributed by atoms with van der Waals surface area (Å²) < 4.78 is 0. The van der Waals surface area contributed by atoms with Crippen molar-refractivity contribution in [3.8, 4) is 0 Å². The topological polar surface area (TPSA) is 21.5 Å². The first-order chi connectivity index (χ1) is 5.34. The first-order valence-corrected chi connectivity index (χ1v) is 4.72. The van der Waals surface area contributed by atoms with Crippen molar-refractivity contribution < 1.29 is 9.69 Å². The maximum atomic E-state index is 11.3. The summed E-state index contributed by atoms with van der Waals surface area (Å²) in [5.41, 5.74) is 0. The lowest BCUT2D eigenvalue weighted by Crippen LogP contribution is -3.15. The minimum Gasteiger partial charge on any atom is -0.272 e. The second kappa shape index (κ2) is 4.50. The van der Waals surface area contributed by atoms with E-state index in [-0.39, 0.29) is 0 Å². The summed E-state index contributed by atoms with van der Waals surface area (Å²) in [4.78, 5) is 12.5. The van der Waals surface area contributed by atoms with Gasteiger partial charge in [-0.3, -0.25) is 4.90 Å². The van der Waals surface area contributed by atoms with Crippen molar-refractivity contribution in [2.24, 2.45) is 0 Å². The van der Waals surface area contributed by atoms with Gasteiger partial charge in [0.1, 0.15) is 0 Å². The Labute approximate surface area is 68.6 Å². The molecule has 1 rings (SSSR count). The molecule has 1 fully saturated rings. The second-order valence-electron chi connectivity index (χ2n) is 3.34. The zero-order valence-electron chi connectivity index (χ0n) is 7.36. The molecule has 0 aromatic carbocycles. The summed E-state index contributed by atoms with van der Waals surface area (Å²) in [7, 11) is 0. The first kappa shape index (κ1) is 8.72. The summed E-state index contributed by atoms with van der Waals surface area (Å²) in [5.74, 6) is 0.449. The van der Waals surface area contributed by atoms with Crippen molar-refractivity contribution in [1.29, 1.82) is 0 Å². The van der Waals surface area contributed by atoms with E-state index < -0.39 is 0 Å². The van der Waals surface area contributed by atoms with Gasteiger partial charge in [-0.05, 0) is 19.3 Å². The van der Waals surface area contributed by atoms with Crippen LogP contribution in [0.15, 0.2) is 0 Å². The van der Waals surface area contributed by atoms with Crippen molar-refractivity contribution in [3.05, 3.63) is 0 Å². The maximum absolute atomic E-state index is 11.3. The number of likely N-dealkylation sites (tertiary alicyclic amines) is 1. The average Bonchev–Trinajstić information content (AvgIpc) is 2.03. The summed E-state index contributed by atoms with van der Waals surface area (Å²) in [6.45, 7) is 4.32. The largest absolute Gasteiger partial charge is 0.312 e. The van der Waals surface area contributed by atoms with Gasteiger partial charge in [0.15, 0.2) is 0 Å². The third-order valence-electron chi connectivity index (χ3n) is 2.36. The number of nitrogens with one attached hydrogen (secondary N) is 1. The van der Waals surface area contributed by atoms with Gasteiger partial charge in [0.2, 0.25) is 0 Å². The van der Waals surface area contributed by atoms with E-state index in [4.69, 9.17) is 0 Å². The van der Waals surface area contributed by atoms with Crippen LogP contribution in [-0.4, -0.2) is 19.0 Å². The van der Waals surface area contributed by atoms with E-state index in [0.29, 0.717) is 5.91 Å². The second-order valence-corrected chi connectivity index (χ2v) is 3.34. The Morgan fingerprint density at radius 3 is 2.91 bits per heavy atom. The fourth-order valence-corrected chi connectivity index (χ4v) is 1.59. The van der Waals surface area contributed by atoms with Crippen LogP contribution in [-0.2, 0) is 4.79 Å². The minimum atomic E-state index is 0.449. The van der Waals surface area contributed by atoms with Gasteiger partial charge in [-0.15, -0.1) is 0 Å². The highest BCUT2D eigenvalue weighted by molar-refractivity contribution is 5.66. The van der Waals surface area contributed by atoms with E-state index in [2.05, 4.69) is 6.92 Å². The van der Waals surface area contributed by atoms with Crippen LogP contribution >= 0.6 is 0 Å². The third kappa shape index (κ3) is 2.62. The quantitative estimate of drug-likeness (QED) is 0.627. The zero-order chi connectivity index (χ0) is 8.10. The molecule has 1 saturated heterocycles. The molecule has 1 atom stereocenters. The van der Waals surface area contributed by atoms with Crippen LogP contribution in [0.25, 0.3) is 0 Å². The van der Waals surface area contributed by atoms with E-state index in [1.807, 2.05) is 0 Å². The van der Waals surface area contributed by atoms with Crippen LogP contribution < -0.4 is 4.90 Å². The van der Waals surface area contributed by atoms with Crippen molar-refractivity contribution in [3.63, 3.8) is 0 Å². The number of quaternary nitrogens is 1. The van der Waals surface area contributed by atoms with Crippen LogP contribution in [0.4, 0.5) is 0 Å². The molecule has 0 saturated carbocycles. The maximum Gasteiger partial charge on any atom is 0.312 e. The highest BCUT2D eigenvalue weighted by Gasteiger charge is 2.21. The molecule has 0 bridgehead atoms. The van der Waals surface area contributed by atoms with E-state index in [9.17, 15) is 4.79 Å². The van der Waals surface area contributed by atoms with Crippen LogP contribution in [0.3, 0.4) is 0 Å². The molecular weight excluding hydrogens is 138 g/mol. The molecule has 0 aromatic heterocycles. The smallest absolute Gasteiger partial charge is 0.272 e. The Balaban J connectivity index is 2.24. The Hall–Kier alpha value is -0.370. The summed E-state index contributed by atoms with van der Waals surface area (Å²) in [5, 5.41) is 0. The van der Waals surface area contributed by atoms with Crippen molar-refractivity contribution in [2.45, 2.75) is 39.0 Å². The predicted octanol–water partition coefficient (Wildman–Crippen LogP) is 0.382. The van der Waals surface area contributed by atoms with Crippen LogP contribution in [0.5, 0.6) is 0 Å².